The minimum Gasteiger partial charge on any atom is -0.487 e. The van der Waals surface area contributed by atoms with E-state index in [1.807, 2.05) is 30.3 Å². The fourth-order valence-corrected chi connectivity index (χ4v) is 2.39. The van der Waals surface area contributed by atoms with Crippen LogP contribution in [0.1, 0.15) is 11.3 Å². The van der Waals surface area contributed by atoms with Crippen LogP contribution in [-0.2, 0) is 11.4 Å². The first-order chi connectivity index (χ1) is 12.7. The molecule has 6 heteroatoms. The highest BCUT2D eigenvalue weighted by Gasteiger charge is 2.05. The summed E-state index contributed by atoms with van der Waals surface area (Å²) in [6, 6.07) is 14.3. The zero-order valence-electron chi connectivity index (χ0n) is 13.8. The predicted molar refractivity (Wildman–Crippen MR) is 102 cm³/mol. The number of hydrogen-bond donors (Lipinski definition) is 1. The van der Waals surface area contributed by atoms with E-state index in [1.165, 1.54) is 6.08 Å². The molecule has 1 aromatic carbocycles. The van der Waals surface area contributed by atoms with Gasteiger partial charge in [0.05, 0.1) is 10.7 Å². The summed E-state index contributed by atoms with van der Waals surface area (Å²) >= 11 is 6.23. The number of anilines is 1. The number of carbonyl (C=O) groups is 1. The summed E-state index contributed by atoms with van der Waals surface area (Å²) < 4.78 is 5.68. The number of carbonyl (C=O) groups excluding carboxylic acids is 1. The van der Waals surface area contributed by atoms with Crippen molar-refractivity contribution in [2.45, 2.75) is 6.61 Å². The minimum absolute atomic E-state index is 0.268. The molecular formula is C20H16ClN3O2. The first-order valence-corrected chi connectivity index (χ1v) is 8.30. The molecule has 0 atom stereocenters. The average Bonchev–Trinajstić information content (AvgIpc) is 2.67. The number of nitrogens with zero attached hydrogens (tertiary/aromatic N) is 2. The van der Waals surface area contributed by atoms with Gasteiger partial charge in [0.1, 0.15) is 12.4 Å². The van der Waals surface area contributed by atoms with Crippen molar-refractivity contribution in [3.05, 3.63) is 89.5 Å². The minimum atomic E-state index is -0.268. The lowest BCUT2D eigenvalue weighted by Gasteiger charge is -2.10. The maximum absolute atomic E-state index is 12.0. The van der Waals surface area contributed by atoms with Crippen molar-refractivity contribution in [2.75, 3.05) is 5.32 Å². The van der Waals surface area contributed by atoms with Crippen LogP contribution < -0.4 is 10.1 Å². The van der Waals surface area contributed by atoms with Crippen molar-refractivity contribution in [3.63, 3.8) is 0 Å². The lowest BCUT2D eigenvalue weighted by Crippen LogP contribution is -2.07. The van der Waals surface area contributed by atoms with Crippen LogP contribution in [0, 0.1) is 0 Å². The van der Waals surface area contributed by atoms with E-state index < -0.39 is 0 Å². The third kappa shape index (κ3) is 5.16. The summed E-state index contributed by atoms with van der Waals surface area (Å²) in [5, 5.41) is 3.17. The molecule has 26 heavy (non-hydrogen) atoms. The summed E-state index contributed by atoms with van der Waals surface area (Å²) in [6.07, 6.45) is 8.17. The lowest BCUT2D eigenvalue weighted by atomic mass is 10.2. The molecule has 130 valence electrons. The second kappa shape index (κ2) is 8.78. The maximum Gasteiger partial charge on any atom is 0.248 e. The highest BCUT2D eigenvalue weighted by Crippen LogP contribution is 2.28. The SMILES string of the molecule is O=C(/C=C/c1ccccn1)Nc1ccc(OCc2cccnc2)c(Cl)c1. The molecule has 0 fully saturated rings. The van der Waals surface area contributed by atoms with Crippen LogP contribution >= 0.6 is 11.6 Å². The molecule has 3 aromatic rings. The first kappa shape index (κ1) is 17.6. The third-order valence-corrected chi connectivity index (χ3v) is 3.71. The van der Waals surface area contributed by atoms with Gasteiger partial charge in [0.15, 0.2) is 0 Å². The first-order valence-electron chi connectivity index (χ1n) is 7.92. The van der Waals surface area contributed by atoms with Crippen molar-refractivity contribution in [3.8, 4) is 5.75 Å². The Hall–Kier alpha value is -3.18. The number of aromatic nitrogens is 2. The van der Waals surface area contributed by atoms with Gasteiger partial charge in [-0.1, -0.05) is 23.7 Å². The number of ether oxygens (including phenoxy) is 1. The standard InChI is InChI=1S/C20H16ClN3O2/c21-18-12-17(24-20(25)9-7-16-5-1-2-11-23-16)6-8-19(18)26-14-15-4-3-10-22-13-15/h1-13H,14H2,(H,24,25)/b9-7+. The molecule has 0 aliphatic heterocycles. The Morgan fingerprint density at radius 2 is 2.08 bits per heavy atom. The summed E-state index contributed by atoms with van der Waals surface area (Å²) in [5.41, 5.74) is 2.24. The largest absolute Gasteiger partial charge is 0.487 e. The van der Waals surface area contributed by atoms with Crippen molar-refractivity contribution in [2.24, 2.45) is 0 Å². The van der Waals surface area contributed by atoms with Crippen LogP contribution in [0.3, 0.4) is 0 Å². The molecule has 0 aliphatic rings. The number of pyridine rings is 2. The number of amides is 1. The van der Waals surface area contributed by atoms with E-state index in [0.717, 1.165) is 5.56 Å². The van der Waals surface area contributed by atoms with Crippen LogP contribution in [0.4, 0.5) is 5.69 Å². The molecule has 0 spiro atoms. The summed E-state index contributed by atoms with van der Waals surface area (Å²) in [7, 11) is 0. The van der Waals surface area contributed by atoms with Gasteiger partial charge in [0, 0.05) is 35.9 Å². The van der Waals surface area contributed by atoms with Gasteiger partial charge < -0.3 is 10.1 Å². The fraction of sp³-hybridized carbons (Fsp3) is 0.0500. The molecule has 0 saturated carbocycles. The Labute approximate surface area is 156 Å². The topological polar surface area (TPSA) is 64.1 Å². The molecular weight excluding hydrogens is 350 g/mol. The van der Waals surface area contributed by atoms with E-state index in [-0.39, 0.29) is 5.91 Å². The molecule has 1 amide bonds. The smallest absolute Gasteiger partial charge is 0.248 e. The highest BCUT2D eigenvalue weighted by atomic mass is 35.5. The number of benzene rings is 1. The van der Waals surface area contributed by atoms with Gasteiger partial charge in [-0.25, -0.2) is 0 Å². The third-order valence-electron chi connectivity index (χ3n) is 3.41. The van der Waals surface area contributed by atoms with Gasteiger partial charge in [0.2, 0.25) is 5.91 Å². The average molecular weight is 366 g/mol. The van der Waals surface area contributed by atoms with Gasteiger partial charge in [0.25, 0.3) is 0 Å². The molecule has 2 heterocycles. The second-order valence-electron chi connectivity index (χ2n) is 5.37. The quantitative estimate of drug-likeness (QED) is 0.659. The van der Waals surface area contributed by atoms with Crippen LogP contribution in [-0.4, -0.2) is 15.9 Å². The fourth-order valence-electron chi connectivity index (χ4n) is 2.16. The Balaban J connectivity index is 1.58. The predicted octanol–water partition coefficient (Wildman–Crippen LogP) is 4.36. The molecule has 0 unspecified atom stereocenters. The molecule has 0 saturated heterocycles. The van der Waals surface area contributed by atoms with Gasteiger partial charge in [-0.2, -0.15) is 0 Å². The van der Waals surface area contributed by atoms with Crippen molar-refractivity contribution in [1.82, 2.24) is 9.97 Å². The van der Waals surface area contributed by atoms with E-state index >= 15 is 0 Å². The zero-order valence-corrected chi connectivity index (χ0v) is 14.6. The molecule has 3 rings (SSSR count). The number of hydrogen-bond acceptors (Lipinski definition) is 4. The Kier molecular flexibility index (Phi) is 5.96. The molecule has 1 N–H and O–H groups in total. The Bertz CT molecular complexity index is 899. The van der Waals surface area contributed by atoms with Crippen molar-refractivity contribution >= 4 is 29.3 Å². The van der Waals surface area contributed by atoms with Crippen LogP contribution in [0.5, 0.6) is 5.75 Å². The second-order valence-corrected chi connectivity index (χ2v) is 5.78. The van der Waals surface area contributed by atoms with Crippen LogP contribution in [0.15, 0.2) is 73.2 Å². The highest BCUT2D eigenvalue weighted by molar-refractivity contribution is 6.32. The molecule has 0 bridgehead atoms. The van der Waals surface area contributed by atoms with Crippen molar-refractivity contribution in [1.29, 1.82) is 0 Å². The Morgan fingerprint density at radius 3 is 2.81 bits per heavy atom. The lowest BCUT2D eigenvalue weighted by molar-refractivity contribution is -0.111. The van der Waals surface area contributed by atoms with Crippen LogP contribution in [0.2, 0.25) is 5.02 Å². The van der Waals surface area contributed by atoms with Gasteiger partial charge >= 0.3 is 0 Å². The van der Waals surface area contributed by atoms with E-state index in [2.05, 4.69) is 15.3 Å². The van der Waals surface area contributed by atoms with Crippen LogP contribution in [0.25, 0.3) is 6.08 Å². The number of halogens is 1. The van der Waals surface area contributed by atoms with E-state index in [4.69, 9.17) is 16.3 Å². The monoisotopic (exact) mass is 365 g/mol. The van der Waals surface area contributed by atoms with Crippen molar-refractivity contribution < 1.29 is 9.53 Å². The zero-order chi connectivity index (χ0) is 18.2. The van der Waals surface area contributed by atoms with Gasteiger partial charge in [-0.15, -0.1) is 0 Å². The van der Waals surface area contributed by atoms with Gasteiger partial charge in [-0.05, 0) is 42.5 Å². The van der Waals surface area contributed by atoms with E-state index in [1.54, 1.807) is 42.9 Å². The summed E-state index contributed by atoms with van der Waals surface area (Å²) in [6.45, 7) is 0.367. The number of rotatable bonds is 6. The normalized spacial score (nSPS) is 10.7. The van der Waals surface area contributed by atoms with E-state index in [0.29, 0.717) is 28.8 Å². The molecule has 0 radical (unpaired) electrons. The summed E-state index contributed by atoms with van der Waals surface area (Å²) in [5.74, 6) is 0.272. The molecule has 5 nitrogen and oxygen atoms in total. The molecule has 0 aliphatic carbocycles. The molecule has 2 aromatic heterocycles. The maximum atomic E-state index is 12.0. The summed E-state index contributed by atoms with van der Waals surface area (Å²) in [4.78, 5) is 20.1. The van der Waals surface area contributed by atoms with Gasteiger partial charge in [-0.3, -0.25) is 14.8 Å². The number of nitrogens with one attached hydrogen (secondary N) is 1. The Morgan fingerprint density at radius 1 is 1.15 bits per heavy atom. The van der Waals surface area contributed by atoms with E-state index in [9.17, 15) is 4.79 Å².